The molecule has 0 bridgehead atoms. The first-order valence-corrected chi connectivity index (χ1v) is 10.1. The Morgan fingerprint density at radius 2 is 2.07 bits per heavy atom. The lowest BCUT2D eigenvalue weighted by molar-refractivity contribution is -0.132. The van der Waals surface area contributed by atoms with Crippen LogP contribution in [0.4, 0.5) is 11.4 Å². The van der Waals surface area contributed by atoms with E-state index in [2.05, 4.69) is 10.3 Å². The number of nitrogens with zero attached hydrogens (tertiary/aromatic N) is 3. The van der Waals surface area contributed by atoms with E-state index in [0.29, 0.717) is 18.2 Å². The molecule has 1 atom stereocenters. The zero-order chi connectivity index (χ0) is 20.4. The number of nitrogens with one attached hydrogen (secondary N) is 1. The highest BCUT2D eigenvalue weighted by Gasteiger charge is 2.41. The minimum absolute atomic E-state index is 0.0337. The van der Waals surface area contributed by atoms with Gasteiger partial charge in [0.2, 0.25) is 5.91 Å². The van der Waals surface area contributed by atoms with Gasteiger partial charge in [0.05, 0.1) is 34.6 Å². The molecule has 152 valence electrons. The monoisotopic (exact) mass is 413 g/mol. The molecule has 2 aromatic rings. The minimum Gasteiger partial charge on any atom is -0.381 e. The summed E-state index contributed by atoms with van der Waals surface area (Å²) in [5, 5.41) is 3.78. The number of hydrogen-bond donors (Lipinski definition) is 2. The van der Waals surface area contributed by atoms with E-state index >= 15 is 0 Å². The number of rotatable bonds is 4. The average Bonchev–Trinajstić information content (AvgIpc) is 2.70. The van der Waals surface area contributed by atoms with Crippen molar-refractivity contribution < 1.29 is 9.53 Å². The van der Waals surface area contributed by atoms with Gasteiger partial charge >= 0.3 is 0 Å². The maximum absolute atomic E-state index is 13.0. The van der Waals surface area contributed by atoms with Crippen molar-refractivity contribution >= 4 is 34.8 Å². The van der Waals surface area contributed by atoms with Gasteiger partial charge in [-0.25, -0.2) is 4.99 Å². The summed E-state index contributed by atoms with van der Waals surface area (Å²) >= 11 is 6.73. The molecule has 0 unspecified atom stereocenters. The van der Waals surface area contributed by atoms with Crippen LogP contribution in [-0.2, 0) is 15.1 Å². The molecule has 7 nitrogen and oxygen atoms in total. The molecule has 1 fully saturated rings. The quantitative estimate of drug-likeness (QED) is 0.801. The summed E-state index contributed by atoms with van der Waals surface area (Å²) < 4.78 is 5.40. The Morgan fingerprint density at radius 1 is 1.28 bits per heavy atom. The number of ether oxygens (including phenoxy) is 1. The van der Waals surface area contributed by atoms with Gasteiger partial charge in [-0.3, -0.25) is 14.7 Å². The molecule has 0 aliphatic carbocycles. The fourth-order valence-corrected chi connectivity index (χ4v) is 4.36. The molecular formula is C21H24ClN5O2. The topological polar surface area (TPSA) is 92.8 Å². The van der Waals surface area contributed by atoms with Gasteiger partial charge in [0, 0.05) is 31.0 Å². The lowest BCUT2D eigenvalue weighted by Gasteiger charge is -2.40. The smallest absolute Gasteiger partial charge is 0.232 e. The molecule has 1 aromatic carbocycles. The Bertz CT molecular complexity index is 930. The number of carbonyl (C=O) groups excluding carboxylic acids is 1. The van der Waals surface area contributed by atoms with Crippen molar-refractivity contribution in [1.29, 1.82) is 0 Å². The number of guanidine groups is 1. The molecule has 0 radical (unpaired) electrons. The van der Waals surface area contributed by atoms with E-state index < -0.39 is 5.54 Å². The van der Waals surface area contributed by atoms with Gasteiger partial charge in [0.1, 0.15) is 0 Å². The molecule has 3 heterocycles. The SMILES string of the molecule is C[C@@]1(c2cccc(Nc3cccnc3)c2Cl)CC(=O)N(C2CCOCC2)C(N)=N1. The van der Waals surface area contributed by atoms with Crippen LogP contribution >= 0.6 is 11.6 Å². The molecule has 8 heteroatoms. The second kappa shape index (κ2) is 8.00. The third kappa shape index (κ3) is 3.93. The number of amides is 1. The number of halogens is 1. The number of aliphatic imine (C=N–C) groups is 1. The maximum Gasteiger partial charge on any atom is 0.232 e. The molecule has 3 N–H and O–H groups in total. The fraction of sp³-hybridized carbons (Fsp3) is 0.381. The molecule has 1 saturated heterocycles. The van der Waals surface area contributed by atoms with Crippen molar-refractivity contribution in [2.24, 2.45) is 10.7 Å². The van der Waals surface area contributed by atoms with Crippen molar-refractivity contribution in [2.75, 3.05) is 18.5 Å². The molecule has 29 heavy (non-hydrogen) atoms. The number of hydrogen-bond acceptors (Lipinski definition) is 6. The number of anilines is 2. The Balaban J connectivity index is 1.65. The summed E-state index contributed by atoms with van der Waals surface area (Å²) in [6.07, 6.45) is 5.17. The van der Waals surface area contributed by atoms with Gasteiger partial charge in [-0.15, -0.1) is 0 Å². The number of pyridine rings is 1. The van der Waals surface area contributed by atoms with Crippen molar-refractivity contribution in [2.45, 2.75) is 37.8 Å². The minimum atomic E-state index is -0.827. The van der Waals surface area contributed by atoms with Crippen LogP contribution in [-0.4, -0.2) is 41.0 Å². The molecule has 4 rings (SSSR count). The molecule has 1 aromatic heterocycles. The van der Waals surface area contributed by atoms with Crippen molar-refractivity contribution in [1.82, 2.24) is 9.88 Å². The average molecular weight is 414 g/mol. The second-order valence-electron chi connectivity index (χ2n) is 7.56. The first kappa shape index (κ1) is 19.7. The van der Waals surface area contributed by atoms with E-state index in [9.17, 15) is 4.79 Å². The number of carbonyl (C=O) groups is 1. The predicted octanol–water partition coefficient (Wildman–Crippen LogP) is 3.42. The van der Waals surface area contributed by atoms with Crippen LogP contribution in [0.15, 0.2) is 47.7 Å². The lowest BCUT2D eigenvalue weighted by atomic mass is 9.86. The second-order valence-corrected chi connectivity index (χ2v) is 7.94. The Labute approximate surface area is 174 Å². The largest absolute Gasteiger partial charge is 0.381 e. The molecule has 2 aliphatic rings. The van der Waals surface area contributed by atoms with Crippen LogP contribution in [0.1, 0.15) is 31.7 Å². The Kier molecular flexibility index (Phi) is 5.43. The zero-order valence-corrected chi connectivity index (χ0v) is 17.0. The zero-order valence-electron chi connectivity index (χ0n) is 16.3. The highest BCUT2D eigenvalue weighted by atomic mass is 35.5. The van der Waals surface area contributed by atoms with Crippen molar-refractivity contribution in [3.05, 3.63) is 53.3 Å². The van der Waals surface area contributed by atoms with Gasteiger partial charge in [0.15, 0.2) is 5.96 Å². The maximum atomic E-state index is 13.0. The van der Waals surface area contributed by atoms with E-state index in [1.807, 2.05) is 37.3 Å². The summed E-state index contributed by atoms with van der Waals surface area (Å²) in [5.74, 6) is 0.214. The highest BCUT2D eigenvalue weighted by molar-refractivity contribution is 6.34. The first-order chi connectivity index (χ1) is 14.0. The standard InChI is InChI=1S/C21H24ClN5O2/c1-21(12-18(28)27(20(23)26-21)15-7-10-29-11-8-15)16-5-2-6-17(19(16)22)25-14-4-3-9-24-13-14/h2-6,9,13,15,25H,7-8,10-12H2,1H3,(H2,23,26)/t21-/m0/s1. The fourth-order valence-electron chi connectivity index (χ4n) is 3.98. The summed E-state index contributed by atoms with van der Waals surface area (Å²) in [6, 6.07) is 9.46. The Hall–Kier alpha value is -2.64. The van der Waals surface area contributed by atoms with Gasteiger partial charge in [-0.2, -0.15) is 0 Å². The summed E-state index contributed by atoms with van der Waals surface area (Å²) in [4.78, 5) is 23.5. The lowest BCUT2D eigenvalue weighted by Crippen LogP contribution is -2.55. The van der Waals surface area contributed by atoms with Crippen LogP contribution in [0.2, 0.25) is 5.02 Å². The van der Waals surface area contributed by atoms with Crippen LogP contribution in [0.25, 0.3) is 0 Å². The third-order valence-electron chi connectivity index (χ3n) is 5.45. The highest BCUT2D eigenvalue weighted by Crippen LogP contribution is 2.41. The number of nitrogens with two attached hydrogens (primary N) is 1. The van der Waals surface area contributed by atoms with Crippen LogP contribution in [0, 0.1) is 0 Å². The molecule has 0 spiro atoms. The van der Waals surface area contributed by atoms with Crippen LogP contribution in [0.3, 0.4) is 0 Å². The summed E-state index contributed by atoms with van der Waals surface area (Å²) in [7, 11) is 0. The van der Waals surface area contributed by atoms with E-state index in [-0.39, 0.29) is 24.3 Å². The van der Waals surface area contributed by atoms with Crippen LogP contribution < -0.4 is 11.1 Å². The van der Waals surface area contributed by atoms with Crippen molar-refractivity contribution in [3.8, 4) is 0 Å². The Morgan fingerprint density at radius 3 is 2.76 bits per heavy atom. The summed E-state index contributed by atoms with van der Waals surface area (Å²) in [6.45, 7) is 3.16. The van der Waals surface area contributed by atoms with E-state index in [0.717, 1.165) is 29.8 Å². The number of aromatic nitrogens is 1. The molecule has 2 aliphatic heterocycles. The van der Waals surface area contributed by atoms with Gasteiger partial charge < -0.3 is 15.8 Å². The normalized spacial score (nSPS) is 23.0. The molecule has 0 saturated carbocycles. The third-order valence-corrected chi connectivity index (χ3v) is 5.85. The van der Waals surface area contributed by atoms with E-state index in [1.54, 1.807) is 17.3 Å². The van der Waals surface area contributed by atoms with Gasteiger partial charge in [0.25, 0.3) is 0 Å². The predicted molar refractivity (Wildman–Crippen MR) is 113 cm³/mol. The molecule has 1 amide bonds. The first-order valence-electron chi connectivity index (χ1n) is 9.69. The number of benzene rings is 1. The van der Waals surface area contributed by atoms with Gasteiger partial charge in [-0.1, -0.05) is 23.7 Å². The summed E-state index contributed by atoms with van der Waals surface area (Å²) in [5.41, 5.74) is 7.76. The van der Waals surface area contributed by atoms with Crippen LogP contribution in [0.5, 0.6) is 0 Å². The van der Waals surface area contributed by atoms with E-state index in [4.69, 9.17) is 27.1 Å². The van der Waals surface area contributed by atoms with E-state index in [1.165, 1.54) is 0 Å². The molecular weight excluding hydrogens is 390 g/mol. The van der Waals surface area contributed by atoms with Crippen molar-refractivity contribution in [3.63, 3.8) is 0 Å². The van der Waals surface area contributed by atoms with Gasteiger partial charge in [-0.05, 0) is 38.0 Å².